The molecule has 1 saturated heterocycles. The summed E-state index contributed by atoms with van der Waals surface area (Å²) >= 11 is 0. The second-order valence-corrected chi connectivity index (χ2v) is 5.50. The molecule has 4 heteroatoms. The van der Waals surface area contributed by atoms with E-state index in [1.54, 1.807) is 0 Å². The van der Waals surface area contributed by atoms with Gasteiger partial charge in [-0.3, -0.25) is 0 Å². The normalized spacial score (nSPS) is 19.1. The molecule has 1 N–H and O–H groups in total. The van der Waals surface area contributed by atoms with Gasteiger partial charge in [-0.2, -0.15) is 10.2 Å². The summed E-state index contributed by atoms with van der Waals surface area (Å²) < 4.78 is 0. The van der Waals surface area contributed by atoms with Crippen molar-refractivity contribution in [2.45, 2.75) is 19.8 Å². The third-order valence-corrected chi connectivity index (χ3v) is 4.13. The second-order valence-electron chi connectivity index (χ2n) is 5.50. The van der Waals surface area contributed by atoms with Crippen LogP contribution in [-0.2, 0) is 0 Å². The maximum absolute atomic E-state index is 4.22. The van der Waals surface area contributed by atoms with Gasteiger partial charge in [0, 0.05) is 18.5 Å². The summed E-state index contributed by atoms with van der Waals surface area (Å²) in [4.78, 5) is 2.44. The first kappa shape index (κ1) is 13.3. The van der Waals surface area contributed by atoms with Gasteiger partial charge in [-0.1, -0.05) is 18.2 Å². The summed E-state index contributed by atoms with van der Waals surface area (Å²) in [6.07, 6.45) is 4.51. The Labute approximate surface area is 120 Å². The quantitative estimate of drug-likeness (QED) is 0.926. The zero-order valence-electron chi connectivity index (χ0n) is 12.0. The van der Waals surface area contributed by atoms with Gasteiger partial charge in [0.2, 0.25) is 0 Å². The molecule has 1 fully saturated rings. The minimum absolute atomic E-state index is 0.732. The van der Waals surface area contributed by atoms with Gasteiger partial charge in [-0.25, -0.2) is 0 Å². The van der Waals surface area contributed by atoms with E-state index in [0.29, 0.717) is 0 Å². The lowest BCUT2D eigenvalue weighted by molar-refractivity contribution is 0.378. The number of rotatable bonds is 4. The third kappa shape index (κ3) is 2.75. The predicted molar refractivity (Wildman–Crippen MR) is 83.0 cm³/mol. The van der Waals surface area contributed by atoms with E-state index in [1.807, 2.05) is 18.3 Å². The smallest absolute Gasteiger partial charge is 0.0950 e. The van der Waals surface area contributed by atoms with Crippen LogP contribution >= 0.6 is 0 Å². The Morgan fingerprint density at radius 1 is 1.35 bits per heavy atom. The molecular weight excluding hydrogens is 248 g/mol. The molecule has 1 atom stereocenters. The maximum Gasteiger partial charge on any atom is 0.0950 e. The van der Waals surface area contributed by atoms with Gasteiger partial charge in [0.05, 0.1) is 17.4 Å². The Morgan fingerprint density at radius 2 is 2.25 bits per heavy atom. The molecule has 1 aliphatic heterocycles. The highest BCUT2D eigenvalue weighted by Gasteiger charge is 2.18. The maximum atomic E-state index is 4.22. The molecule has 2 heterocycles. The highest BCUT2D eigenvalue weighted by atomic mass is 15.2. The highest BCUT2D eigenvalue weighted by molar-refractivity contribution is 5.90. The molecule has 106 valence electrons. The van der Waals surface area contributed by atoms with Crippen LogP contribution in [0.5, 0.6) is 0 Å². The monoisotopic (exact) mass is 270 g/mol. The van der Waals surface area contributed by atoms with Crippen LogP contribution in [0.25, 0.3) is 10.9 Å². The fraction of sp³-hybridized carbons (Fsp3) is 0.500. The number of nitrogens with one attached hydrogen (secondary N) is 1. The number of benzene rings is 1. The van der Waals surface area contributed by atoms with E-state index in [0.717, 1.165) is 31.1 Å². The van der Waals surface area contributed by atoms with Gasteiger partial charge in [0.15, 0.2) is 0 Å². The van der Waals surface area contributed by atoms with E-state index in [9.17, 15) is 0 Å². The van der Waals surface area contributed by atoms with Crippen molar-refractivity contribution >= 4 is 16.6 Å². The van der Waals surface area contributed by atoms with E-state index in [-0.39, 0.29) is 0 Å². The predicted octanol–water partition coefficient (Wildman–Crippen LogP) is 2.46. The van der Waals surface area contributed by atoms with E-state index in [4.69, 9.17) is 0 Å². The summed E-state index contributed by atoms with van der Waals surface area (Å²) in [6.45, 7) is 6.62. The zero-order chi connectivity index (χ0) is 13.8. The SMILES string of the molecule is CCN(CC1CCCNC1)c1cnnc2ccccc12. The van der Waals surface area contributed by atoms with E-state index in [2.05, 4.69) is 39.5 Å². The summed E-state index contributed by atoms with van der Waals surface area (Å²) in [7, 11) is 0. The second kappa shape index (κ2) is 6.18. The average molecular weight is 270 g/mol. The number of anilines is 1. The van der Waals surface area contributed by atoms with Crippen LogP contribution in [0.3, 0.4) is 0 Å². The average Bonchev–Trinajstić information content (AvgIpc) is 2.53. The topological polar surface area (TPSA) is 41.0 Å². The van der Waals surface area contributed by atoms with Gasteiger partial charge < -0.3 is 10.2 Å². The number of aromatic nitrogens is 2. The van der Waals surface area contributed by atoms with Crippen LogP contribution in [0.2, 0.25) is 0 Å². The van der Waals surface area contributed by atoms with Crippen LogP contribution < -0.4 is 10.2 Å². The van der Waals surface area contributed by atoms with Crippen LogP contribution in [0.4, 0.5) is 5.69 Å². The standard InChI is InChI=1S/C16H22N4/c1-2-20(12-13-6-5-9-17-10-13)16-11-18-19-15-8-4-3-7-14(15)16/h3-4,7-8,11,13,17H,2,5-6,9-10,12H2,1H3. The van der Waals surface area contributed by atoms with Crippen LogP contribution in [-0.4, -0.2) is 36.4 Å². The van der Waals surface area contributed by atoms with Crippen molar-refractivity contribution < 1.29 is 0 Å². The molecule has 0 radical (unpaired) electrons. The zero-order valence-corrected chi connectivity index (χ0v) is 12.0. The molecule has 0 aliphatic carbocycles. The van der Waals surface area contributed by atoms with Crippen molar-refractivity contribution in [2.24, 2.45) is 5.92 Å². The number of hydrogen-bond donors (Lipinski definition) is 1. The van der Waals surface area contributed by atoms with Crippen molar-refractivity contribution in [3.8, 4) is 0 Å². The van der Waals surface area contributed by atoms with Crippen molar-refractivity contribution in [2.75, 3.05) is 31.1 Å². The fourth-order valence-electron chi connectivity index (χ4n) is 3.03. The largest absolute Gasteiger partial charge is 0.370 e. The molecule has 0 saturated carbocycles. The Morgan fingerprint density at radius 3 is 3.05 bits per heavy atom. The number of piperidine rings is 1. The summed E-state index contributed by atoms with van der Waals surface area (Å²) in [6, 6.07) is 8.26. The van der Waals surface area contributed by atoms with E-state index >= 15 is 0 Å². The molecule has 1 unspecified atom stereocenters. The number of nitrogens with zero attached hydrogens (tertiary/aromatic N) is 3. The van der Waals surface area contributed by atoms with Gasteiger partial charge in [0.1, 0.15) is 0 Å². The van der Waals surface area contributed by atoms with Crippen LogP contribution in [0.15, 0.2) is 30.5 Å². The molecule has 20 heavy (non-hydrogen) atoms. The van der Waals surface area contributed by atoms with E-state index in [1.165, 1.54) is 30.5 Å². The minimum Gasteiger partial charge on any atom is -0.370 e. The van der Waals surface area contributed by atoms with Crippen molar-refractivity contribution in [1.82, 2.24) is 15.5 Å². The summed E-state index contributed by atoms with van der Waals surface area (Å²) in [5.41, 5.74) is 2.19. The molecule has 0 bridgehead atoms. The molecule has 2 aromatic rings. The Kier molecular flexibility index (Phi) is 4.11. The van der Waals surface area contributed by atoms with Gasteiger partial charge in [-0.15, -0.1) is 0 Å². The molecule has 0 spiro atoms. The molecule has 4 nitrogen and oxygen atoms in total. The highest BCUT2D eigenvalue weighted by Crippen LogP contribution is 2.25. The number of hydrogen-bond acceptors (Lipinski definition) is 4. The lowest BCUT2D eigenvalue weighted by atomic mass is 9.98. The summed E-state index contributed by atoms with van der Waals surface area (Å²) in [5.74, 6) is 0.732. The van der Waals surface area contributed by atoms with Crippen molar-refractivity contribution in [3.05, 3.63) is 30.5 Å². The number of fused-ring (bicyclic) bond motifs is 1. The minimum atomic E-state index is 0.732. The third-order valence-electron chi connectivity index (χ3n) is 4.13. The van der Waals surface area contributed by atoms with Crippen LogP contribution in [0.1, 0.15) is 19.8 Å². The lowest BCUT2D eigenvalue weighted by Crippen LogP contribution is -2.38. The molecule has 3 rings (SSSR count). The molecule has 1 aliphatic rings. The lowest BCUT2D eigenvalue weighted by Gasteiger charge is -2.31. The molecule has 1 aromatic heterocycles. The molecular formula is C16H22N4. The molecule has 1 aromatic carbocycles. The fourth-order valence-corrected chi connectivity index (χ4v) is 3.03. The first-order chi connectivity index (χ1) is 9.88. The van der Waals surface area contributed by atoms with E-state index < -0.39 is 0 Å². The van der Waals surface area contributed by atoms with Crippen LogP contribution in [0, 0.1) is 5.92 Å². The Balaban J connectivity index is 1.86. The molecule has 0 amide bonds. The van der Waals surface area contributed by atoms with Crippen molar-refractivity contribution in [3.63, 3.8) is 0 Å². The Hall–Kier alpha value is -1.68. The van der Waals surface area contributed by atoms with Gasteiger partial charge in [0.25, 0.3) is 0 Å². The van der Waals surface area contributed by atoms with Gasteiger partial charge >= 0.3 is 0 Å². The van der Waals surface area contributed by atoms with Crippen molar-refractivity contribution in [1.29, 1.82) is 0 Å². The Bertz CT molecular complexity index is 558. The van der Waals surface area contributed by atoms with Gasteiger partial charge in [-0.05, 0) is 44.8 Å². The summed E-state index contributed by atoms with van der Waals surface area (Å²) in [5, 5.41) is 13.1. The first-order valence-corrected chi connectivity index (χ1v) is 7.54. The first-order valence-electron chi connectivity index (χ1n) is 7.54.